The van der Waals surface area contributed by atoms with E-state index in [1.165, 1.54) is 19.3 Å². The van der Waals surface area contributed by atoms with E-state index < -0.39 is 8.80 Å². The zero-order chi connectivity index (χ0) is 15.8. The Kier molecular flexibility index (Phi) is 9.98. The minimum absolute atomic E-state index is 0.572. The molecule has 0 aromatic carbocycles. The molecule has 0 aromatic heterocycles. The molecule has 0 heterocycles. The van der Waals surface area contributed by atoms with Crippen LogP contribution in [-0.2, 0) is 13.3 Å². The lowest BCUT2D eigenvalue weighted by molar-refractivity contribution is 0.117. The van der Waals surface area contributed by atoms with E-state index in [4.69, 9.17) is 13.3 Å². The van der Waals surface area contributed by atoms with Crippen molar-refractivity contribution in [3.8, 4) is 0 Å². The molecule has 0 aliphatic heterocycles. The first kappa shape index (κ1) is 20.1. The third kappa shape index (κ3) is 7.77. The minimum Gasteiger partial charge on any atom is -0.377 e. The summed E-state index contributed by atoms with van der Waals surface area (Å²) in [6, 6.07) is 0.902. The normalized spacial score (nSPS) is 17.2. The highest BCUT2D eigenvalue weighted by Crippen LogP contribution is 2.28. The van der Waals surface area contributed by atoms with Crippen LogP contribution in [0.15, 0.2) is 0 Å². The van der Waals surface area contributed by atoms with Crippen molar-refractivity contribution in [3.05, 3.63) is 0 Å². The molecule has 0 aliphatic carbocycles. The van der Waals surface area contributed by atoms with Gasteiger partial charge in [-0.15, -0.1) is 0 Å². The zero-order valence-corrected chi connectivity index (χ0v) is 15.9. The average Bonchev–Trinajstić information content (AvgIpc) is 2.34. The van der Waals surface area contributed by atoms with Crippen molar-refractivity contribution in [3.63, 3.8) is 0 Å². The van der Waals surface area contributed by atoms with Crippen molar-refractivity contribution in [2.75, 3.05) is 21.3 Å². The van der Waals surface area contributed by atoms with Crippen LogP contribution < -0.4 is 0 Å². The van der Waals surface area contributed by atoms with E-state index in [-0.39, 0.29) is 0 Å². The molecule has 0 fully saturated rings. The summed E-state index contributed by atoms with van der Waals surface area (Å²) in [5, 5.41) is 0. The molecule has 0 N–H and O–H groups in total. The van der Waals surface area contributed by atoms with Gasteiger partial charge in [-0.1, -0.05) is 34.6 Å². The third-order valence-corrected chi connectivity index (χ3v) is 7.08. The standard InChI is InChI=1S/C16H36O3Si/c1-13(2)9-14(3)10-15(4)11-16(5)12-20(17-6,18-7)19-8/h13-16H,9-12H2,1-8H3. The molecular formula is C16H36O3Si. The van der Waals surface area contributed by atoms with E-state index in [0.717, 1.165) is 23.8 Å². The predicted octanol–water partition coefficient (Wildman–Crippen LogP) is 4.60. The first-order valence-corrected chi connectivity index (χ1v) is 9.87. The summed E-state index contributed by atoms with van der Waals surface area (Å²) in [4.78, 5) is 0. The quantitative estimate of drug-likeness (QED) is 0.522. The fraction of sp³-hybridized carbons (Fsp3) is 1.00. The first-order chi connectivity index (χ1) is 9.28. The van der Waals surface area contributed by atoms with Crippen molar-refractivity contribution in [2.24, 2.45) is 23.7 Å². The van der Waals surface area contributed by atoms with Crippen LogP contribution in [0.4, 0.5) is 0 Å². The molecule has 3 nitrogen and oxygen atoms in total. The van der Waals surface area contributed by atoms with Gasteiger partial charge in [-0.3, -0.25) is 0 Å². The Morgan fingerprint density at radius 1 is 0.650 bits per heavy atom. The second-order valence-electron chi connectivity index (χ2n) is 6.92. The van der Waals surface area contributed by atoms with E-state index in [2.05, 4.69) is 34.6 Å². The van der Waals surface area contributed by atoms with Crippen molar-refractivity contribution in [2.45, 2.75) is 59.9 Å². The van der Waals surface area contributed by atoms with Gasteiger partial charge in [0.25, 0.3) is 0 Å². The number of hydrogen-bond donors (Lipinski definition) is 0. The molecule has 0 saturated heterocycles. The molecule has 0 aliphatic rings. The van der Waals surface area contributed by atoms with E-state index in [0.29, 0.717) is 5.92 Å². The summed E-state index contributed by atoms with van der Waals surface area (Å²) in [5.74, 6) is 2.93. The Labute approximate surface area is 127 Å². The van der Waals surface area contributed by atoms with Crippen molar-refractivity contribution in [1.82, 2.24) is 0 Å². The van der Waals surface area contributed by atoms with Crippen LogP contribution in [-0.4, -0.2) is 30.1 Å². The predicted molar refractivity (Wildman–Crippen MR) is 87.8 cm³/mol. The van der Waals surface area contributed by atoms with Gasteiger partial charge in [0, 0.05) is 27.4 Å². The molecule has 0 amide bonds. The summed E-state index contributed by atoms with van der Waals surface area (Å²) >= 11 is 0. The SMILES string of the molecule is CO[Si](CC(C)CC(C)CC(C)CC(C)C)(OC)OC. The molecule has 0 aromatic rings. The molecular weight excluding hydrogens is 268 g/mol. The van der Waals surface area contributed by atoms with Crippen LogP contribution in [0.1, 0.15) is 53.9 Å². The highest BCUT2D eigenvalue weighted by Gasteiger charge is 2.39. The molecule has 3 unspecified atom stereocenters. The molecule has 4 heteroatoms. The van der Waals surface area contributed by atoms with E-state index >= 15 is 0 Å². The molecule has 122 valence electrons. The van der Waals surface area contributed by atoms with Gasteiger partial charge in [-0.2, -0.15) is 0 Å². The molecule has 0 bridgehead atoms. The second-order valence-corrected chi connectivity index (χ2v) is 9.91. The summed E-state index contributed by atoms with van der Waals surface area (Å²) in [5.41, 5.74) is 0. The Bertz CT molecular complexity index is 234. The highest BCUT2D eigenvalue weighted by molar-refractivity contribution is 6.60. The minimum atomic E-state index is -2.41. The second kappa shape index (κ2) is 9.93. The van der Waals surface area contributed by atoms with Gasteiger partial charge in [0.05, 0.1) is 0 Å². The Balaban J connectivity index is 4.21. The Morgan fingerprint density at radius 3 is 1.45 bits per heavy atom. The van der Waals surface area contributed by atoms with Gasteiger partial charge in [0.1, 0.15) is 0 Å². The summed E-state index contributed by atoms with van der Waals surface area (Å²) in [6.45, 7) is 11.6. The van der Waals surface area contributed by atoms with Crippen molar-refractivity contribution >= 4 is 8.80 Å². The maximum Gasteiger partial charge on any atom is 0.500 e. The third-order valence-electron chi connectivity index (χ3n) is 4.01. The zero-order valence-electron chi connectivity index (χ0n) is 14.9. The van der Waals surface area contributed by atoms with Gasteiger partial charge in [0.2, 0.25) is 0 Å². The molecule has 0 radical (unpaired) electrons. The van der Waals surface area contributed by atoms with Crippen LogP contribution >= 0.6 is 0 Å². The largest absolute Gasteiger partial charge is 0.500 e. The van der Waals surface area contributed by atoms with Crippen LogP contribution in [0.2, 0.25) is 6.04 Å². The van der Waals surface area contributed by atoms with Gasteiger partial charge >= 0.3 is 8.80 Å². The molecule has 0 saturated carbocycles. The van der Waals surface area contributed by atoms with Crippen molar-refractivity contribution in [1.29, 1.82) is 0 Å². The summed E-state index contributed by atoms with van der Waals surface area (Å²) in [6.07, 6.45) is 3.85. The monoisotopic (exact) mass is 304 g/mol. The number of hydrogen-bond acceptors (Lipinski definition) is 3. The summed E-state index contributed by atoms with van der Waals surface area (Å²) < 4.78 is 16.5. The lowest BCUT2D eigenvalue weighted by atomic mass is 9.86. The van der Waals surface area contributed by atoms with Crippen LogP contribution in [0.5, 0.6) is 0 Å². The van der Waals surface area contributed by atoms with Gasteiger partial charge in [0.15, 0.2) is 0 Å². The van der Waals surface area contributed by atoms with Gasteiger partial charge in [-0.05, 0) is 42.9 Å². The first-order valence-electron chi connectivity index (χ1n) is 7.94. The maximum absolute atomic E-state index is 5.52. The van der Waals surface area contributed by atoms with Crippen molar-refractivity contribution < 1.29 is 13.3 Å². The van der Waals surface area contributed by atoms with E-state index in [9.17, 15) is 0 Å². The highest BCUT2D eigenvalue weighted by atomic mass is 28.4. The number of rotatable bonds is 11. The fourth-order valence-electron chi connectivity index (χ4n) is 3.38. The van der Waals surface area contributed by atoms with Gasteiger partial charge < -0.3 is 13.3 Å². The average molecular weight is 305 g/mol. The lowest BCUT2D eigenvalue weighted by Gasteiger charge is -2.28. The van der Waals surface area contributed by atoms with Gasteiger partial charge in [-0.25, -0.2) is 0 Å². The van der Waals surface area contributed by atoms with E-state index in [1.807, 2.05) is 0 Å². The summed E-state index contributed by atoms with van der Waals surface area (Å²) in [7, 11) is 2.67. The lowest BCUT2D eigenvalue weighted by Crippen LogP contribution is -2.44. The smallest absolute Gasteiger partial charge is 0.377 e. The Morgan fingerprint density at radius 2 is 1.05 bits per heavy atom. The van der Waals surface area contributed by atoms with E-state index in [1.54, 1.807) is 21.3 Å². The maximum atomic E-state index is 5.52. The molecule has 3 atom stereocenters. The molecule has 0 spiro atoms. The topological polar surface area (TPSA) is 27.7 Å². The molecule has 20 heavy (non-hydrogen) atoms. The molecule has 0 rings (SSSR count). The Hall–Kier alpha value is 0.0969. The fourth-order valence-corrected chi connectivity index (χ4v) is 5.40. The van der Waals surface area contributed by atoms with Crippen LogP contribution in [0.25, 0.3) is 0 Å². The van der Waals surface area contributed by atoms with Crippen LogP contribution in [0.3, 0.4) is 0 Å². The van der Waals surface area contributed by atoms with Crippen LogP contribution in [0, 0.1) is 23.7 Å².